The molecule has 3 nitrogen and oxygen atoms in total. The van der Waals surface area contributed by atoms with Gasteiger partial charge in [-0.1, -0.05) is 111 Å². The molecule has 0 heterocycles. The Morgan fingerprint density at radius 3 is 2.62 bits per heavy atom. The van der Waals surface area contributed by atoms with Gasteiger partial charge in [0.15, 0.2) is 0 Å². The zero-order chi connectivity index (χ0) is 31.4. The number of unbranched alkanes of at least 4 members (excludes halogenated alkanes) is 1. The second kappa shape index (κ2) is 16.7. The summed E-state index contributed by atoms with van der Waals surface area (Å²) < 4.78 is 0. The summed E-state index contributed by atoms with van der Waals surface area (Å²) in [6.45, 7) is 7.76. The number of rotatable bonds is 14. The van der Waals surface area contributed by atoms with Crippen LogP contribution in [0.1, 0.15) is 58.3 Å². The van der Waals surface area contributed by atoms with Crippen molar-refractivity contribution in [3.63, 3.8) is 0 Å². The van der Waals surface area contributed by atoms with Crippen molar-refractivity contribution in [3.8, 4) is 0 Å². The molecule has 0 aromatic rings. The molecule has 0 amide bonds. The van der Waals surface area contributed by atoms with E-state index < -0.39 is 0 Å². The van der Waals surface area contributed by atoms with Crippen LogP contribution in [0.3, 0.4) is 0 Å². The molecule has 0 aliphatic heterocycles. The van der Waals surface area contributed by atoms with Crippen molar-refractivity contribution in [1.29, 1.82) is 0 Å². The first-order chi connectivity index (χ1) is 22.1. The molecule has 238 valence electrons. The molecule has 0 aromatic carbocycles. The third-order valence-corrected chi connectivity index (χ3v) is 10.8. The van der Waals surface area contributed by atoms with Crippen molar-refractivity contribution in [3.05, 3.63) is 144 Å². The highest BCUT2D eigenvalue weighted by molar-refractivity contribution is 5.47. The smallest absolute Gasteiger partial charge is 0.0397 e. The second-order valence-corrected chi connectivity index (χ2v) is 13.4. The van der Waals surface area contributed by atoms with Gasteiger partial charge in [0.1, 0.15) is 0 Å². The van der Waals surface area contributed by atoms with E-state index in [0.29, 0.717) is 48.0 Å². The Morgan fingerprint density at radius 2 is 1.84 bits per heavy atom. The molecule has 0 radical (unpaired) electrons. The van der Waals surface area contributed by atoms with Gasteiger partial charge in [-0.3, -0.25) is 0 Å². The van der Waals surface area contributed by atoms with Gasteiger partial charge in [0.25, 0.3) is 0 Å². The van der Waals surface area contributed by atoms with Crippen LogP contribution in [0.2, 0.25) is 0 Å². The average Bonchev–Trinajstić information content (AvgIpc) is 3.09. The minimum Gasteiger partial charge on any atom is -0.405 e. The molecule has 0 saturated heterocycles. The Labute approximate surface area is 273 Å². The van der Waals surface area contributed by atoms with Gasteiger partial charge in [-0.05, 0) is 121 Å². The fourth-order valence-corrected chi connectivity index (χ4v) is 8.33. The summed E-state index contributed by atoms with van der Waals surface area (Å²) in [7, 11) is 0. The van der Waals surface area contributed by atoms with Crippen LogP contribution in [-0.4, -0.2) is 13.1 Å². The second-order valence-electron chi connectivity index (χ2n) is 13.4. The molecule has 1 fully saturated rings. The van der Waals surface area contributed by atoms with E-state index in [-0.39, 0.29) is 0 Å². The minimum absolute atomic E-state index is 0.494. The number of fused-ring (bicyclic) bond motifs is 2. The molecule has 0 aromatic heterocycles. The molecule has 0 bridgehead atoms. The van der Waals surface area contributed by atoms with Crippen molar-refractivity contribution in [2.75, 3.05) is 13.1 Å². The van der Waals surface area contributed by atoms with E-state index in [9.17, 15) is 0 Å². The van der Waals surface area contributed by atoms with Crippen molar-refractivity contribution >= 4 is 0 Å². The van der Waals surface area contributed by atoms with Gasteiger partial charge >= 0.3 is 0 Å². The highest BCUT2D eigenvalue weighted by Crippen LogP contribution is 2.51. The Kier molecular flexibility index (Phi) is 12.2. The number of hydrogen-bond donors (Lipinski definition) is 3. The molecule has 7 atom stereocenters. The summed E-state index contributed by atoms with van der Waals surface area (Å²) in [5, 5.41) is 3.69. The van der Waals surface area contributed by atoms with Crippen LogP contribution in [0.5, 0.6) is 0 Å². The van der Waals surface area contributed by atoms with Crippen molar-refractivity contribution in [2.45, 2.75) is 58.3 Å². The van der Waals surface area contributed by atoms with Gasteiger partial charge in [-0.2, -0.15) is 0 Å². The molecule has 45 heavy (non-hydrogen) atoms. The summed E-state index contributed by atoms with van der Waals surface area (Å²) in [5.74, 6) is 3.99. The standard InChI is InChI=1S/C42H55N3/c1-3-14-33(29-44)34(30-45-35-16-7-4-8-17-35)23-22-31(2)36-26-27-42(40-21-12-11-19-38(36)40)41-25-24-32(15-6-5-13-28-43)37-18-9-10-20-39(37)41/h3-4,7,9-14,16,18-21,23-25,28,31-32,36-38,40,42,45H,1,5-6,8,15,17,22,26-27,29-30,43-44H2,2H3/b28-13-,33-14+,34-23+/t31?,32-,36?,37?,38?,40?,42?/m1/s1. The van der Waals surface area contributed by atoms with Crippen molar-refractivity contribution in [1.82, 2.24) is 5.32 Å². The average molecular weight is 602 g/mol. The van der Waals surface area contributed by atoms with Crippen LogP contribution >= 0.6 is 0 Å². The van der Waals surface area contributed by atoms with Gasteiger partial charge in [0, 0.05) is 24.7 Å². The first-order valence-electron chi connectivity index (χ1n) is 17.4. The summed E-state index contributed by atoms with van der Waals surface area (Å²) in [6.07, 6.45) is 50.0. The first-order valence-corrected chi connectivity index (χ1v) is 17.4. The third-order valence-electron chi connectivity index (χ3n) is 10.8. The highest BCUT2D eigenvalue weighted by Gasteiger charge is 2.42. The van der Waals surface area contributed by atoms with Gasteiger partial charge in [-0.25, -0.2) is 0 Å². The SMILES string of the molecule is C=C/C=C(CN)/C(=C/CC(C)C1CCC(C2=C3C=CC=CC3[C@H](CCC/C=C\N)C=C2)C2C=CC=CC21)CNC1=CC=CCC1. The lowest BCUT2D eigenvalue weighted by Crippen LogP contribution is -2.38. The number of hydrogen-bond acceptors (Lipinski definition) is 3. The lowest BCUT2D eigenvalue weighted by atomic mass is 9.58. The Hall–Kier alpha value is -3.56. The molecule has 5 rings (SSSR count). The summed E-state index contributed by atoms with van der Waals surface area (Å²) >= 11 is 0. The van der Waals surface area contributed by atoms with Crippen LogP contribution in [0, 0.1) is 41.4 Å². The quantitative estimate of drug-likeness (QED) is 0.137. The van der Waals surface area contributed by atoms with E-state index in [1.807, 2.05) is 6.08 Å². The maximum absolute atomic E-state index is 6.23. The largest absolute Gasteiger partial charge is 0.405 e. The number of nitrogens with one attached hydrogen (secondary N) is 1. The first kappa shape index (κ1) is 32.8. The highest BCUT2D eigenvalue weighted by atomic mass is 14.9. The van der Waals surface area contributed by atoms with E-state index in [1.54, 1.807) is 17.3 Å². The maximum Gasteiger partial charge on any atom is 0.0397 e. The lowest BCUT2D eigenvalue weighted by molar-refractivity contribution is 0.131. The topological polar surface area (TPSA) is 64.1 Å². The fourth-order valence-electron chi connectivity index (χ4n) is 8.33. The number of allylic oxidation sites excluding steroid dienone is 20. The van der Waals surface area contributed by atoms with Crippen LogP contribution in [-0.2, 0) is 0 Å². The molecule has 5 aliphatic rings. The van der Waals surface area contributed by atoms with Crippen LogP contribution in [0.15, 0.2) is 144 Å². The predicted octanol–water partition coefficient (Wildman–Crippen LogP) is 9.09. The molecule has 5 aliphatic carbocycles. The summed E-state index contributed by atoms with van der Waals surface area (Å²) in [4.78, 5) is 0. The molecule has 5 N–H and O–H groups in total. The molecular formula is C42H55N3. The van der Waals surface area contributed by atoms with E-state index in [2.05, 4.69) is 116 Å². The van der Waals surface area contributed by atoms with Crippen LogP contribution in [0.25, 0.3) is 0 Å². The van der Waals surface area contributed by atoms with Gasteiger partial charge in [0.2, 0.25) is 0 Å². The van der Waals surface area contributed by atoms with Crippen LogP contribution in [0.4, 0.5) is 0 Å². The Bertz CT molecular complexity index is 1370. The van der Waals surface area contributed by atoms with Crippen molar-refractivity contribution < 1.29 is 0 Å². The van der Waals surface area contributed by atoms with E-state index in [4.69, 9.17) is 11.5 Å². The minimum atomic E-state index is 0.494. The molecule has 3 heteroatoms. The predicted molar refractivity (Wildman–Crippen MR) is 194 cm³/mol. The van der Waals surface area contributed by atoms with Gasteiger partial charge in [-0.15, -0.1) is 0 Å². The normalized spacial score (nSPS) is 30.0. The third kappa shape index (κ3) is 8.19. The Morgan fingerprint density at radius 1 is 1.00 bits per heavy atom. The molecule has 6 unspecified atom stereocenters. The lowest BCUT2D eigenvalue weighted by Gasteiger charge is -2.46. The van der Waals surface area contributed by atoms with Crippen molar-refractivity contribution in [2.24, 2.45) is 52.9 Å². The van der Waals surface area contributed by atoms with E-state index >= 15 is 0 Å². The molecule has 0 spiro atoms. The van der Waals surface area contributed by atoms with Gasteiger partial charge < -0.3 is 16.8 Å². The maximum atomic E-state index is 6.23. The zero-order valence-electron chi connectivity index (χ0n) is 27.4. The molecule has 1 saturated carbocycles. The molecular weight excluding hydrogens is 546 g/mol. The Balaban J connectivity index is 1.31. The van der Waals surface area contributed by atoms with E-state index in [0.717, 1.165) is 32.2 Å². The van der Waals surface area contributed by atoms with E-state index in [1.165, 1.54) is 42.5 Å². The monoisotopic (exact) mass is 601 g/mol. The van der Waals surface area contributed by atoms with Gasteiger partial charge in [0.05, 0.1) is 0 Å². The summed E-state index contributed by atoms with van der Waals surface area (Å²) in [6, 6.07) is 0. The summed E-state index contributed by atoms with van der Waals surface area (Å²) in [5.41, 5.74) is 18.7. The number of nitrogens with two attached hydrogens (primary N) is 2. The zero-order valence-corrected chi connectivity index (χ0v) is 27.4. The fraction of sp³-hybridized carbons (Fsp3) is 0.429. The van der Waals surface area contributed by atoms with Crippen LogP contribution < -0.4 is 16.8 Å².